The van der Waals surface area contributed by atoms with Crippen molar-refractivity contribution in [2.45, 2.75) is 0 Å². The van der Waals surface area contributed by atoms with Crippen LogP contribution in [-0.4, -0.2) is 4.57 Å². The first-order valence-corrected chi connectivity index (χ1v) is 19.2. The monoisotopic (exact) mass is 714 g/mol. The third kappa shape index (κ3) is 6.04. The molecule has 0 amide bonds. The van der Waals surface area contributed by atoms with Crippen LogP contribution < -0.4 is 4.90 Å². The molecule has 0 atom stereocenters. The quantitative estimate of drug-likeness (QED) is 0.152. The summed E-state index contributed by atoms with van der Waals surface area (Å²) < 4.78 is 2.39. The third-order valence-corrected chi connectivity index (χ3v) is 10.8. The number of aromatic nitrogens is 1. The highest BCUT2D eigenvalue weighted by atomic mass is 15.1. The lowest BCUT2D eigenvalue weighted by molar-refractivity contribution is 1.18. The van der Waals surface area contributed by atoms with Gasteiger partial charge in [0.05, 0.1) is 16.7 Å². The van der Waals surface area contributed by atoms with Crippen LogP contribution in [0.1, 0.15) is 0 Å². The van der Waals surface area contributed by atoms with E-state index in [4.69, 9.17) is 0 Å². The van der Waals surface area contributed by atoms with E-state index in [2.05, 4.69) is 240 Å². The number of nitrogens with zero attached hydrogens (tertiary/aromatic N) is 2. The summed E-state index contributed by atoms with van der Waals surface area (Å²) in [5.74, 6) is 0. The van der Waals surface area contributed by atoms with Crippen LogP contribution in [0, 0.1) is 0 Å². The first-order chi connectivity index (χ1) is 27.8. The highest BCUT2D eigenvalue weighted by Gasteiger charge is 2.22. The van der Waals surface area contributed by atoms with Gasteiger partial charge in [0.2, 0.25) is 0 Å². The molecule has 0 aliphatic heterocycles. The van der Waals surface area contributed by atoms with E-state index in [1.54, 1.807) is 0 Å². The minimum Gasteiger partial charge on any atom is -0.310 e. The number of rotatable bonds is 8. The van der Waals surface area contributed by atoms with Gasteiger partial charge in [0.25, 0.3) is 0 Å². The summed E-state index contributed by atoms with van der Waals surface area (Å²) in [7, 11) is 0. The summed E-state index contributed by atoms with van der Waals surface area (Å²) >= 11 is 0. The molecule has 0 bridgehead atoms. The summed E-state index contributed by atoms with van der Waals surface area (Å²) in [5.41, 5.74) is 16.3. The fraction of sp³-hybridized carbons (Fsp3) is 0. The highest BCUT2D eigenvalue weighted by molar-refractivity contribution is 6.17. The van der Waals surface area contributed by atoms with E-state index in [1.165, 1.54) is 66.3 Å². The van der Waals surface area contributed by atoms with Crippen molar-refractivity contribution in [3.05, 3.63) is 231 Å². The second kappa shape index (κ2) is 14.4. The molecule has 2 nitrogen and oxygen atoms in total. The lowest BCUT2D eigenvalue weighted by Crippen LogP contribution is -2.11. The van der Waals surface area contributed by atoms with E-state index < -0.39 is 0 Å². The largest absolute Gasteiger partial charge is 0.310 e. The van der Waals surface area contributed by atoms with Crippen LogP contribution in [0.2, 0.25) is 0 Å². The van der Waals surface area contributed by atoms with E-state index in [9.17, 15) is 0 Å². The van der Waals surface area contributed by atoms with Crippen molar-refractivity contribution < 1.29 is 0 Å². The van der Waals surface area contributed by atoms with E-state index in [-0.39, 0.29) is 0 Å². The molecule has 0 saturated carbocycles. The molecule has 264 valence electrons. The number of fused-ring (bicyclic) bond motifs is 3. The Morgan fingerprint density at radius 3 is 1.52 bits per heavy atom. The Morgan fingerprint density at radius 1 is 0.304 bits per heavy atom. The molecule has 0 unspecified atom stereocenters. The van der Waals surface area contributed by atoms with Gasteiger partial charge in [-0.05, 0) is 99.6 Å². The molecular formula is C54H38N2. The van der Waals surface area contributed by atoms with Crippen molar-refractivity contribution in [3.63, 3.8) is 0 Å². The number of hydrogen-bond acceptors (Lipinski definition) is 1. The minimum absolute atomic E-state index is 1.09. The van der Waals surface area contributed by atoms with Gasteiger partial charge < -0.3 is 9.47 Å². The zero-order valence-electron chi connectivity index (χ0n) is 30.8. The molecule has 0 saturated heterocycles. The Bertz CT molecular complexity index is 2940. The van der Waals surface area contributed by atoms with Crippen molar-refractivity contribution in [2.24, 2.45) is 0 Å². The normalized spacial score (nSPS) is 11.2. The molecule has 0 radical (unpaired) electrons. The first-order valence-electron chi connectivity index (χ1n) is 19.2. The lowest BCUT2D eigenvalue weighted by atomic mass is 9.96. The van der Waals surface area contributed by atoms with Crippen LogP contribution in [0.15, 0.2) is 231 Å². The number of hydrogen-bond donors (Lipinski definition) is 0. The van der Waals surface area contributed by atoms with Crippen molar-refractivity contribution in [1.29, 1.82) is 0 Å². The maximum absolute atomic E-state index is 2.42. The number of anilines is 3. The van der Waals surface area contributed by atoms with E-state index in [0.717, 1.165) is 22.7 Å². The SMILES string of the molecule is c1ccc(-c2cccc(-c3ccc(N(c4cccc(-c5ccccc5)c4)c4ccccc4-c4cccc5c4c4ccccc4n5-c4ccccc4)cc3)c2)cc1. The summed E-state index contributed by atoms with van der Waals surface area (Å²) in [6.45, 7) is 0. The van der Waals surface area contributed by atoms with Gasteiger partial charge in [-0.25, -0.2) is 0 Å². The molecule has 0 N–H and O–H groups in total. The smallest absolute Gasteiger partial charge is 0.0547 e. The summed E-state index contributed by atoms with van der Waals surface area (Å²) in [5, 5.41) is 2.47. The van der Waals surface area contributed by atoms with Crippen LogP contribution in [0.25, 0.3) is 72.0 Å². The lowest BCUT2D eigenvalue weighted by Gasteiger charge is -2.28. The molecular weight excluding hydrogens is 677 g/mol. The third-order valence-electron chi connectivity index (χ3n) is 10.8. The Hall–Kier alpha value is -7.42. The van der Waals surface area contributed by atoms with Crippen LogP contribution in [0.4, 0.5) is 17.1 Å². The number of para-hydroxylation sites is 3. The van der Waals surface area contributed by atoms with Gasteiger partial charge in [-0.15, -0.1) is 0 Å². The van der Waals surface area contributed by atoms with Gasteiger partial charge in [0.1, 0.15) is 0 Å². The zero-order chi connectivity index (χ0) is 37.3. The van der Waals surface area contributed by atoms with Crippen molar-refractivity contribution >= 4 is 38.9 Å². The minimum atomic E-state index is 1.09. The molecule has 0 spiro atoms. The molecule has 0 aliphatic carbocycles. The molecule has 10 aromatic rings. The molecule has 9 aromatic carbocycles. The highest BCUT2D eigenvalue weighted by Crippen LogP contribution is 2.46. The molecule has 10 rings (SSSR count). The van der Waals surface area contributed by atoms with Gasteiger partial charge in [-0.1, -0.05) is 170 Å². The average Bonchev–Trinajstić information content (AvgIpc) is 3.63. The van der Waals surface area contributed by atoms with Gasteiger partial charge in [0, 0.05) is 33.4 Å². The van der Waals surface area contributed by atoms with Crippen molar-refractivity contribution in [3.8, 4) is 50.2 Å². The van der Waals surface area contributed by atoms with E-state index in [1.807, 2.05) is 0 Å². The fourth-order valence-electron chi connectivity index (χ4n) is 8.19. The van der Waals surface area contributed by atoms with Crippen LogP contribution >= 0.6 is 0 Å². The Balaban J connectivity index is 1.16. The number of benzene rings is 9. The molecule has 0 fully saturated rings. The van der Waals surface area contributed by atoms with Crippen LogP contribution in [0.3, 0.4) is 0 Å². The topological polar surface area (TPSA) is 8.17 Å². The second-order valence-corrected chi connectivity index (χ2v) is 14.2. The van der Waals surface area contributed by atoms with Gasteiger partial charge >= 0.3 is 0 Å². The Morgan fingerprint density at radius 2 is 0.804 bits per heavy atom. The van der Waals surface area contributed by atoms with Gasteiger partial charge in [-0.3, -0.25) is 0 Å². The van der Waals surface area contributed by atoms with Gasteiger partial charge in [0.15, 0.2) is 0 Å². The van der Waals surface area contributed by atoms with Crippen molar-refractivity contribution in [1.82, 2.24) is 4.57 Å². The standard InChI is InChI=1S/C54H38N2/c1-4-17-39(18-5-1)42-21-14-22-43(37-42)41-33-35-46(36-34-41)55(47-26-15-23-44(38-47)40-19-6-2-7-20-40)51-30-12-10-27-48(51)49-29-16-32-53-54(49)50-28-11-13-31-52(50)56(53)45-24-8-3-9-25-45/h1-38H. The molecule has 0 aliphatic rings. The first kappa shape index (κ1) is 33.2. The molecule has 56 heavy (non-hydrogen) atoms. The Labute approximate surface area is 327 Å². The fourth-order valence-corrected chi connectivity index (χ4v) is 8.19. The van der Waals surface area contributed by atoms with Crippen LogP contribution in [-0.2, 0) is 0 Å². The van der Waals surface area contributed by atoms with E-state index >= 15 is 0 Å². The predicted molar refractivity (Wildman–Crippen MR) is 237 cm³/mol. The maximum Gasteiger partial charge on any atom is 0.0547 e. The summed E-state index contributed by atoms with van der Waals surface area (Å²) in [4.78, 5) is 2.42. The summed E-state index contributed by atoms with van der Waals surface area (Å²) in [6, 6.07) is 83.0. The Kier molecular flexibility index (Phi) is 8.55. The van der Waals surface area contributed by atoms with E-state index in [0.29, 0.717) is 0 Å². The van der Waals surface area contributed by atoms with Gasteiger partial charge in [-0.2, -0.15) is 0 Å². The zero-order valence-corrected chi connectivity index (χ0v) is 30.8. The average molecular weight is 715 g/mol. The molecule has 2 heteroatoms. The predicted octanol–water partition coefficient (Wildman–Crippen LogP) is 14.9. The van der Waals surface area contributed by atoms with Crippen molar-refractivity contribution in [2.75, 3.05) is 4.90 Å². The molecule has 1 heterocycles. The second-order valence-electron chi connectivity index (χ2n) is 14.2. The summed E-state index contributed by atoms with van der Waals surface area (Å²) in [6.07, 6.45) is 0. The maximum atomic E-state index is 2.42. The molecule has 1 aromatic heterocycles. The van der Waals surface area contributed by atoms with Crippen LogP contribution in [0.5, 0.6) is 0 Å².